The largest absolute Gasteiger partial charge is 0.384 e. The van der Waals surface area contributed by atoms with Crippen molar-refractivity contribution in [3.8, 4) is 0 Å². The first-order valence-electron chi connectivity index (χ1n) is 7.42. The average molecular weight is 274 g/mol. The van der Waals surface area contributed by atoms with E-state index in [1.807, 2.05) is 6.92 Å². The number of rotatable bonds is 2. The van der Waals surface area contributed by atoms with E-state index in [2.05, 4.69) is 15.2 Å². The zero-order valence-electron chi connectivity index (χ0n) is 11.9. The van der Waals surface area contributed by atoms with Gasteiger partial charge in [0.15, 0.2) is 0 Å². The Hall–Kier alpha value is -1.62. The Labute approximate surface area is 119 Å². The van der Waals surface area contributed by atoms with E-state index in [1.165, 1.54) is 25.8 Å². The van der Waals surface area contributed by atoms with Crippen molar-refractivity contribution in [2.75, 3.05) is 18.8 Å². The number of nitrogens with two attached hydrogens (primary N) is 1. The van der Waals surface area contributed by atoms with Gasteiger partial charge in [-0.2, -0.15) is 0 Å². The number of nitrogens with zero attached hydrogens (tertiary/aromatic N) is 2. The third-order valence-corrected chi connectivity index (χ3v) is 4.41. The van der Waals surface area contributed by atoms with Gasteiger partial charge in [-0.3, -0.25) is 9.69 Å². The van der Waals surface area contributed by atoms with Crippen LogP contribution in [-0.4, -0.2) is 41.0 Å². The lowest BCUT2D eigenvalue weighted by molar-refractivity contribution is 0.0915. The van der Waals surface area contributed by atoms with Gasteiger partial charge in [0.05, 0.1) is 0 Å². The lowest BCUT2D eigenvalue weighted by Gasteiger charge is -2.32. The van der Waals surface area contributed by atoms with Gasteiger partial charge >= 0.3 is 0 Å². The van der Waals surface area contributed by atoms with E-state index in [0.29, 0.717) is 17.4 Å². The molecule has 2 fully saturated rings. The number of nitrogens with one attached hydrogen (secondary N) is 1. The molecule has 0 spiro atoms. The van der Waals surface area contributed by atoms with E-state index >= 15 is 0 Å². The molecule has 2 saturated heterocycles. The average Bonchev–Trinajstić information content (AvgIpc) is 2.81. The number of nitrogen functional groups attached to an aromatic ring is 1. The van der Waals surface area contributed by atoms with Gasteiger partial charge in [0.1, 0.15) is 5.82 Å². The van der Waals surface area contributed by atoms with E-state index in [-0.39, 0.29) is 11.9 Å². The molecule has 0 aromatic carbocycles. The van der Waals surface area contributed by atoms with Crippen LogP contribution in [0.25, 0.3) is 0 Å². The number of anilines is 1. The molecule has 1 aromatic rings. The van der Waals surface area contributed by atoms with Crippen molar-refractivity contribution >= 4 is 11.7 Å². The van der Waals surface area contributed by atoms with Gasteiger partial charge in [-0.15, -0.1) is 0 Å². The number of piperidine rings is 1. The third kappa shape index (κ3) is 2.63. The van der Waals surface area contributed by atoms with Gasteiger partial charge in [0, 0.05) is 29.9 Å². The molecule has 0 radical (unpaired) electrons. The van der Waals surface area contributed by atoms with E-state index < -0.39 is 0 Å². The number of hydrogen-bond donors (Lipinski definition) is 2. The van der Waals surface area contributed by atoms with E-state index in [1.54, 1.807) is 12.1 Å². The van der Waals surface area contributed by atoms with Crippen LogP contribution in [0.5, 0.6) is 0 Å². The summed E-state index contributed by atoms with van der Waals surface area (Å²) in [5.74, 6) is 0.375. The minimum absolute atomic E-state index is 0.0281. The SMILES string of the molecule is Cc1cc(C(=O)NC2CCN3CCCCC23)cc(N)n1. The van der Waals surface area contributed by atoms with Crippen molar-refractivity contribution in [1.29, 1.82) is 0 Å². The number of carbonyl (C=O) groups is 1. The van der Waals surface area contributed by atoms with Crippen molar-refractivity contribution in [3.05, 3.63) is 23.4 Å². The van der Waals surface area contributed by atoms with Crippen LogP contribution in [-0.2, 0) is 0 Å². The summed E-state index contributed by atoms with van der Waals surface area (Å²) in [6, 6.07) is 4.24. The number of amides is 1. The van der Waals surface area contributed by atoms with Crippen LogP contribution in [0, 0.1) is 6.92 Å². The van der Waals surface area contributed by atoms with Crippen LogP contribution in [0.1, 0.15) is 41.7 Å². The highest BCUT2D eigenvalue weighted by molar-refractivity contribution is 5.95. The van der Waals surface area contributed by atoms with Crippen molar-refractivity contribution in [3.63, 3.8) is 0 Å². The second-order valence-electron chi connectivity index (χ2n) is 5.89. The Balaban J connectivity index is 1.69. The van der Waals surface area contributed by atoms with Gasteiger partial charge in [-0.1, -0.05) is 6.42 Å². The van der Waals surface area contributed by atoms with Crippen molar-refractivity contribution in [1.82, 2.24) is 15.2 Å². The van der Waals surface area contributed by atoms with Crippen LogP contribution >= 0.6 is 0 Å². The Morgan fingerprint density at radius 2 is 2.20 bits per heavy atom. The van der Waals surface area contributed by atoms with Gasteiger partial charge in [0.25, 0.3) is 5.91 Å². The molecule has 1 aromatic heterocycles. The predicted octanol–water partition coefficient (Wildman–Crippen LogP) is 1.33. The maximum absolute atomic E-state index is 12.4. The molecule has 0 aliphatic carbocycles. The topological polar surface area (TPSA) is 71.2 Å². The van der Waals surface area contributed by atoms with E-state index in [9.17, 15) is 4.79 Å². The zero-order chi connectivity index (χ0) is 14.1. The molecule has 5 nitrogen and oxygen atoms in total. The normalized spacial score (nSPS) is 26.2. The monoisotopic (exact) mass is 274 g/mol. The summed E-state index contributed by atoms with van der Waals surface area (Å²) in [7, 11) is 0. The first-order valence-corrected chi connectivity index (χ1v) is 7.42. The quantitative estimate of drug-likeness (QED) is 0.853. The van der Waals surface area contributed by atoms with E-state index in [4.69, 9.17) is 5.73 Å². The van der Waals surface area contributed by atoms with Gasteiger partial charge in [-0.25, -0.2) is 4.98 Å². The summed E-state index contributed by atoms with van der Waals surface area (Å²) in [6.45, 7) is 4.14. The summed E-state index contributed by atoms with van der Waals surface area (Å²) in [4.78, 5) is 19.0. The summed E-state index contributed by atoms with van der Waals surface area (Å²) < 4.78 is 0. The summed E-state index contributed by atoms with van der Waals surface area (Å²) in [5.41, 5.74) is 7.11. The molecule has 3 heterocycles. The zero-order valence-corrected chi connectivity index (χ0v) is 11.9. The van der Waals surface area contributed by atoms with Gasteiger partial charge in [0.2, 0.25) is 0 Å². The Morgan fingerprint density at radius 3 is 3.00 bits per heavy atom. The first-order chi connectivity index (χ1) is 9.63. The van der Waals surface area contributed by atoms with Gasteiger partial charge in [-0.05, 0) is 44.9 Å². The fourth-order valence-corrected chi connectivity index (χ4v) is 3.49. The fourth-order valence-electron chi connectivity index (χ4n) is 3.49. The van der Waals surface area contributed by atoms with Crippen molar-refractivity contribution < 1.29 is 4.79 Å². The molecular formula is C15H22N4O. The second-order valence-corrected chi connectivity index (χ2v) is 5.89. The molecule has 2 aliphatic heterocycles. The van der Waals surface area contributed by atoms with Crippen LogP contribution < -0.4 is 11.1 Å². The van der Waals surface area contributed by atoms with Crippen LogP contribution in [0.2, 0.25) is 0 Å². The molecule has 0 bridgehead atoms. The molecule has 2 aliphatic rings. The molecule has 20 heavy (non-hydrogen) atoms. The third-order valence-electron chi connectivity index (χ3n) is 4.41. The maximum Gasteiger partial charge on any atom is 0.251 e. The van der Waals surface area contributed by atoms with Gasteiger partial charge < -0.3 is 11.1 Å². The van der Waals surface area contributed by atoms with Crippen molar-refractivity contribution in [2.24, 2.45) is 0 Å². The highest BCUT2D eigenvalue weighted by Gasteiger charge is 2.36. The minimum Gasteiger partial charge on any atom is -0.384 e. The Kier molecular flexibility index (Phi) is 3.61. The fraction of sp³-hybridized carbons (Fsp3) is 0.600. The molecule has 3 N–H and O–H groups in total. The highest BCUT2D eigenvalue weighted by Crippen LogP contribution is 2.27. The van der Waals surface area contributed by atoms with Crippen LogP contribution in [0.15, 0.2) is 12.1 Å². The molecule has 0 saturated carbocycles. The molecule has 3 rings (SSSR count). The molecule has 108 valence electrons. The van der Waals surface area contributed by atoms with Crippen LogP contribution in [0.3, 0.4) is 0 Å². The lowest BCUT2D eigenvalue weighted by atomic mass is 9.99. The summed E-state index contributed by atoms with van der Waals surface area (Å²) >= 11 is 0. The summed E-state index contributed by atoms with van der Waals surface area (Å²) in [5, 5.41) is 3.18. The number of pyridine rings is 1. The highest BCUT2D eigenvalue weighted by atomic mass is 16.1. The minimum atomic E-state index is -0.0281. The van der Waals surface area contributed by atoms with Crippen molar-refractivity contribution in [2.45, 2.75) is 44.7 Å². The number of carbonyl (C=O) groups excluding carboxylic acids is 1. The lowest BCUT2D eigenvalue weighted by Crippen LogP contribution is -2.46. The maximum atomic E-state index is 12.4. The number of fused-ring (bicyclic) bond motifs is 1. The summed E-state index contributed by atoms with van der Waals surface area (Å²) in [6.07, 6.45) is 4.81. The standard InChI is InChI=1S/C15H22N4O/c1-10-8-11(9-14(16)17-10)15(20)18-12-5-7-19-6-3-2-4-13(12)19/h8-9,12-13H,2-7H2,1H3,(H2,16,17)(H,18,20). The Bertz CT molecular complexity index is 496. The first kappa shape index (κ1) is 13.4. The Morgan fingerprint density at radius 1 is 1.35 bits per heavy atom. The second kappa shape index (κ2) is 5.40. The molecule has 2 atom stereocenters. The predicted molar refractivity (Wildman–Crippen MR) is 78.5 cm³/mol. The molecule has 2 unspecified atom stereocenters. The molecular weight excluding hydrogens is 252 g/mol. The number of hydrogen-bond acceptors (Lipinski definition) is 4. The number of aryl methyl sites for hydroxylation is 1. The number of aromatic nitrogens is 1. The smallest absolute Gasteiger partial charge is 0.251 e. The van der Waals surface area contributed by atoms with E-state index in [0.717, 1.165) is 18.7 Å². The van der Waals surface area contributed by atoms with Crippen LogP contribution in [0.4, 0.5) is 5.82 Å². The molecule has 1 amide bonds. The molecule has 5 heteroatoms.